The molecule has 3 aromatic heterocycles. The normalized spacial score (nSPS) is 12.1. The molecule has 0 unspecified atom stereocenters. The molecule has 3 heterocycles. The van der Waals surface area contributed by atoms with Crippen LogP contribution in [0, 0.1) is 5.82 Å². The second kappa shape index (κ2) is 7.63. The van der Waals surface area contributed by atoms with Gasteiger partial charge in [-0.3, -0.25) is 18.7 Å². The van der Waals surface area contributed by atoms with Crippen LogP contribution in [0.15, 0.2) is 58.5 Å². The fraction of sp³-hybridized carbons (Fsp3) is 0.190. The Balaban J connectivity index is 1.77. The first kappa shape index (κ1) is 20.2. The number of fused-ring (bicyclic) bond motifs is 1. The molecule has 4 rings (SSSR count). The van der Waals surface area contributed by atoms with E-state index in [1.165, 1.54) is 43.1 Å². The van der Waals surface area contributed by atoms with Crippen LogP contribution < -0.4 is 16.6 Å². The van der Waals surface area contributed by atoms with Gasteiger partial charge in [0.1, 0.15) is 23.3 Å². The SMILES string of the molecule is Cn1ccnc1[C@H](NC(=O)c1cnc2c(c1)c(=O)n(C)c(=O)n2C)c1cccc(F)c1. The smallest absolute Gasteiger partial charge is 0.332 e. The standard InChI is InChI=1S/C21H19FN6O3/c1-26-8-7-23-18(26)16(12-5-4-6-14(22)9-12)25-19(29)13-10-15-17(24-11-13)27(2)21(31)28(3)20(15)30/h4-11,16H,1-3H3,(H,25,29)/t16-/m1/s1. The number of carbonyl (C=O) groups is 1. The van der Waals surface area contributed by atoms with Gasteiger partial charge in [0.2, 0.25) is 0 Å². The molecular weight excluding hydrogens is 403 g/mol. The monoisotopic (exact) mass is 422 g/mol. The van der Waals surface area contributed by atoms with Crippen molar-refractivity contribution in [1.82, 2.24) is 29.0 Å². The van der Waals surface area contributed by atoms with Gasteiger partial charge in [-0.15, -0.1) is 0 Å². The van der Waals surface area contributed by atoms with Crippen LogP contribution in [0.25, 0.3) is 11.0 Å². The first-order valence-corrected chi connectivity index (χ1v) is 9.37. The molecule has 1 aromatic carbocycles. The third kappa shape index (κ3) is 3.52. The first-order chi connectivity index (χ1) is 14.8. The van der Waals surface area contributed by atoms with Gasteiger partial charge in [-0.2, -0.15) is 0 Å². The van der Waals surface area contributed by atoms with E-state index in [0.29, 0.717) is 11.4 Å². The molecule has 4 aromatic rings. The molecule has 0 aliphatic rings. The molecular formula is C21H19FN6O3. The molecule has 0 aliphatic carbocycles. The fourth-order valence-electron chi connectivity index (χ4n) is 3.44. The van der Waals surface area contributed by atoms with E-state index in [0.717, 1.165) is 4.57 Å². The number of hydrogen-bond acceptors (Lipinski definition) is 5. The average molecular weight is 422 g/mol. The third-order valence-electron chi connectivity index (χ3n) is 5.13. The number of aryl methyl sites for hydroxylation is 2. The average Bonchev–Trinajstić information content (AvgIpc) is 3.19. The summed E-state index contributed by atoms with van der Waals surface area (Å²) in [4.78, 5) is 46.1. The Morgan fingerprint density at radius 3 is 2.55 bits per heavy atom. The Morgan fingerprint density at radius 1 is 1.10 bits per heavy atom. The quantitative estimate of drug-likeness (QED) is 0.529. The molecule has 0 bridgehead atoms. The largest absolute Gasteiger partial charge is 0.338 e. The Bertz CT molecular complexity index is 1440. The molecule has 1 amide bonds. The van der Waals surface area contributed by atoms with Gasteiger partial charge >= 0.3 is 5.69 Å². The lowest BCUT2D eigenvalue weighted by atomic mass is 10.1. The van der Waals surface area contributed by atoms with Gasteiger partial charge in [-0.25, -0.2) is 19.2 Å². The van der Waals surface area contributed by atoms with Crippen LogP contribution in [0.5, 0.6) is 0 Å². The minimum absolute atomic E-state index is 0.124. The van der Waals surface area contributed by atoms with Gasteiger partial charge in [-0.1, -0.05) is 12.1 Å². The van der Waals surface area contributed by atoms with Crippen LogP contribution >= 0.6 is 0 Å². The Kier molecular flexibility index (Phi) is 4.97. The number of hydrogen-bond donors (Lipinski definition) is 1. The zero-order valence-corrected chi connectivity index (χ0v) is 17.0. The number of imidazole rings is 1. The van der Waals surface area contributed by atoms with Crippen molar-refractivity contribution in [3.63, 3.8) is 0 Å². The lowest BCUT2D eigenvalue weighted by Crippen LogP contribution is -2.37. The fourth-order valence-corrected chi connectivity index (χ4v) is 3.44. The summed E-state index contributed by atoms with van der Waals surface area (Å²) in [5, 5.41) is 2.97. The first-order valence-electron chi connectivity index (χ1n) is 9.37. The molecule has 10 heteroatoms. The lowest BCUT2D eigenvalue weighted by Gasteiger charge is -2.19. The van der Waals surface area contributed by atoms with Crippen molar-refractivity contribution < 1.29 is 9.18 Å². The van der Waals surface area contributed by atoms with Crippen molar-refractivity contribution >= 4 is 16.9 Å². The molecule has 0 saturated heterocycles. The van der Waals surface area contributed by atoms with Gasteiger partial charge in [0.25, 0.3) is 11.5 Å². The van der Waals surface area contributed by atoms with E-state index in [-0.39, 0.29) is 16.6 Å². The highest BCUT2D eigenvalue weighted by molar-refractivity contribution is 5.97. The maximum Gasteiger partial charge on any atom is 0.332 e. The minimum Gasteiger partial charge on any atom is -0.338 e. The van der Waals surface area contributed by atoms with E-state index in [1.54, 1.807) is 36.1 Å². The van der Waals surface area contributed by atoms with Crippen LogP contribution in [0.4, 0.5) is 4.39 Å². The zero-order chi connectivity index (χ0) is 22.3. The molecule has 0 aliphatic heterocycles. The summed E-state index contributed by atoms with van der Waals surface area (Å²) in [5.41, 5.74) is -0.252. The van der Waals surface area contributed by atoms with Gasteiger partial charge in [0.05, 0.1) is 10.9 Å². The van der Waals surface area contributed by atoms with Gasteiger partial charge in [0.15, 0.2) is 0 Å². The summed E-state index contributed by atoms with van der Waals surface area (Å²) in [5.74, 6) is -0.462. The van der Waals surface area contributed by atoms with E-state index in [9.17, 15) is 18.8 Å². The van der Waals surface area contributed by atoms with Crippen LogP contribution in [-0.4, -0.2) is 29.6 Å². The van der Waals surface area contributed by atoms with Crippen LogP contribution in [0.1, 0.15) is 27.8 Å². The highest BCUT2D eigenvalue weighted by Gasteiger charge is 2.23. The number of carbonyl (C=O) groups excluding carboxylic acids is 1. The number of benzene rings is 1. The second-order valence-corrected chi connectivity index (χ2v) is 7.16. The summed E-state index contributed by atoms with van der Waals surface area (Å²) in [6.07, 6.45) is 4.59. The predicted octanol–water partition coefficient (Wildman–Crippen LogP) is 1.02. The lowest BCUT2D eigenvalue weighted by molar-refractivity contribution is 0.0941. The van der Waals surface area contributed by atoms with E-state index < -0.39 is 29.0 Å². The molecule has 1 atom stereocenters. The van der Waals surface area contributed by atoms with Crippen LogP contribution in [-0.2, 0) is 21.1 Å². The number of nitrogens with zero attached hydrogens (tertiary/aromatic N) is 5. The van der Waals surface area contributed by atoms with Gasteiger partial charge in [-0.05, 0) is 23.8 Å². The summed E-state index contributed by atoms with van der Waals surface area (Å²) in [7, 11) is 4.62. The number of aromatic nitrogens is 5. The summed E-state index contributed by atoms with van der Waals surface area (Å²) in [6.45, 7) is 0. The van der Waals surface area contributed by atoms with Crippen molar-refractivity contribution in [1.29, 1.82) is 0 Å². The Hall–Kier alpha value is -4.08. The van der Waals surface area contributed by atoms with Crippen molar-refractivity contribution in [2.75, 3.05) is 0 Å². The van der Waals surface area contributed by atoms with E-state index >= 15 is 0 Å². The van der Waals surface area contributed by atoms with Gasteiger partial charge in [0, 0.05) is 39.7 Å². The summed E-state index contributed by atoms with van der Waals surface area (Å²) >= 11 is 0. The topological polar surface area (TPSA) is 104 Å². The molecule has 0 radical (unpaired) electrons. The van der Waals surface area contributed by atoms with Crippen LogP contribution in [0.2, 0.25) is 0 Å². The number of halogens is 1. The number of pyridine rings is 1. The van der Waals surface area contributed by atoms with Crippen molar-refractivity contribution in [3.8, 4) is 0 Å². The third-order valence-corrected chi connectivity index (χ3v) is 5.13. The van der Waals surface area contributed by atoms with E-state index in [2.05, 4.69) is 15.3 Å². The zero-order valence-electron chi connectivity index (χ0n) is 17.0. The molecule has 0 spiro atoms. The Labute approximate surface area is 175 Å². The summed E-state index contributed by atoms with van der Waals surface area (Å²) < 4.78 is 17.8. The Morgan fingerprint density at radius 2 is 1.87 bits per heavy atom. The number of rotatable bonds is 4. The number of amides is 1. The molecule has 31 heavy (non-hydrogen) atoms. The predicted molar refractivity (Wildman–Crippen MR) is 111 cm³/mol. The van der Waals surface area contributed by atoms with Crippen molar-refractivity contribution in [3.05, 3.63) is 92.5 Å². The molecule has 0 saturated carbocycles. The van der Waals surface area contributed by atoms with E-state index in [1.807, 2.05) is 0 Å². The number of nitrogens with one attached hydrogen (secondary N) is 1. The van der Waals surface area contributed by atoms with Crippen molar-refractivity contribution in [2.24, 2.45) is 21.1 Å². The maximum atomic E-state index is 13.8. The van der Waals surface area contributed by atoms with Crippen LogP contribution in [0.3, 0.4) is 0 Å². The maximum absolute atomic E-state index is 13.8. The summed E-state index contributed by atoms with van der Waals surface area (Å²) in [6, 6.07) is 6.53. The van der Waals surface area contributed by atoms with Gasteiger partial charge < -0.3 is 9.88 Å². The molecule has 1 N–H and O–H groups in total. The molecule has 158 valence electrons. The highest BCUT2D eigenvalue weighted by atomic mass is 19.1. The molecule has 0 fully saturated rings. The second-order valence-electron chi connectivity index (χ2n) is 7.16. The molecule has 9 nitrogen and oxygen atoms in total. The highest BCUT2D eigenvalue weighted by Crippen LogP contribution is 2.22. The minimum atomic E-state index is -0.734. The van der Waals surface area contributed by atoms with Crippen molar-refractivity contribution in [2.45, 2.75) is 6.04 Å². The van der Waals surface area contributed by atoms with E-state index in [4.69, 9.17) is 0 Å².